The predicted molar refractivity (Wildman–Crippen MR) is 235 cm³/mol. The topological polar surface area (TPSA) is 4.93 Å². The molecule has 1 heterocycles. The van der Waals surface area contributed by atoms with Crippen LogP contribution >= 0.6 is 0 Å². The fourth-order valence-corrected chi connectivity index (χ4v) is 4.01. The number of nitrogens with zero attached hydrogens (tertiary/aromatic N) is 1. The molecule has 0 fully saturated rings. The van der Waals surface area contributed by atoms with Gasteiger partial charge in [0.15, 0.2) is 0 Å². The van der Waals surface area contributed by atoms with E-state index < -0.39 is 11.7 Å². The fourth-order valence-electron chi connectivity index (χ4n) is 4.01. The number of para-hydroxylation sites is 1. The van der Waals surface area contributed by atoms with Crippen LogP contribution in [-0.2, 0) is 0 Å². The smallest absolute Gasteiger partial charge is 0.129 e. The molecule has 1 unspecified atom stereocenters. The van der Waals surface area contributed by atoms with Crippen molar-refractivity contribution in [3.05, 3.63) is 151 Å². The minimum Gasteiger partial charge on any atom is -0.317 e. The van der Waals surface area contributed by atoms with E-state index in [1.54, 1.807) is 13.0 Å². The van der Waals surface area contributed by atoms with E-state index in [2.05, 4.69) is 147 Å². The van der Waals surface area contributed by atoms with Crippen molar-refractivity contribution in [1.82, 2.24) is 4.57 Å². The zero-order chi connectivity index (χ0) is 40.7. The first-order valence-corrected chi connectivity index (χ1v) is 19.2. The largest absolute Gasteiger partial charge is 0.317 e. The lowest BCUT2D eigenvalue weighted by Crippen LogP contribution is -2.00. The number of rotatable bonds is 7. The second-order valence-electron chi connectivity index (χ2n) is 13.3. The van der Waals surface area contributed by atoms with Crippen LogP contribution in [0.15, 0.2) is 145 Å². The monoisotopic (exact) mass is 716 g/mol. The number of halogens is 2. The maximum absolute atomic E-state index is 13.2. The van der Waals surface area contributed by atoms with Gasteiger partial charge in [-0.2, -0.15) is 0 Å². The van der Waals surface area contributed by atoms with Gasteiger partial charge in [-0.05, 0) is 93.3 Å². The minimum atomic E-state index is -0.491. The van der Waals surface area contributed by atoms with Crippen LogP contribution in [0, 0.1) is 5.41 Å². The molecule has 3 aromatic rings. The molecule has 4 rings (SSSR count). The highest BCUT2D eigenvalue weighted by atomic mass is 19.1. The zero-order valence-corrected chi connectivity index (χ0v) is 35.7. The second kappa shape index (κ2) is 31.7. The van der Waals surface area contributed by atoms with Crippen LogP contribution in [0.25, 0.3) is 16.6 Å². The molecule has 1 aliphatic carbocycles. The van der Waals surface area contributed by atoms with Crippen LogP contribution in [-0.4, -0.2) is 4.57 Å². The molecule has 0 amide bonds. The molecule has 3 heteroatoms. The van der Waals surface area contributed by atoms with E-state index in [4.69, 9.17) is 0 Å². The number of hydrogen-bond donors (Lipinski definition) is 0. The van der Waals surface area contributed by atoms with Gasteiger partial charge in [-0.15, -0.1) is 13.2 Å². The Labute approximate surface area is 320 Å². The maximum atomic E-state index is 13.2. The van der Waals surface area contributed by atoms with Crippen LogP contribution in [0.1, 0.15) is 141 Å². The van der Waals surface area contributed by atoms with Gasteiger partial charge in [0.1, 0.15) is 11.7 Å². The summed E-state index contributed by atoms with van der Waals surface area (Å²) in [4.78, 5) is 0. The molecule has 0 bridgehead atoms. The summed E-state index contributed by atoms with van der Waals surface area (Å²) in [6.07, 6.45) is 16.5. The summed E-state index contributed by atoms with van der Waals surface area (Å²) in [6, 6.07) is 19.4. The van der Waals surface area contributed by atoms with Crippen LogP contribution < -0.4 is 0 Å². The van der Waals surface area contributed by atoms with Gasteiger partial charge in [0, 0.05) is 29.3 Å². The summed E-state index contributed by atoms with van der Waals surface area (Å²) >= 11 is 0. The maximum Gasteiger partial charge on any atom is 0.129 e. The Balaban J connectivity index is -0.000000661. The summed E-state index contributed by atoms with van der Waals surface area (Å²) in [7, 11) is 0. The lowest BCUT2D eigenvalue weighted by Gasteiger charge is -2.12. The van der Waals surface area contributed by atoms with Gasteiger partial charge in [0.05, 0.1) is 5.52 Å². The highest BCUT2D eigenvalue weighted by Crippen LogP contribution is 2.28. The Hall–Kier alpha value is -3.98. The minimum absolute atomic E-state index is 0.137. The molecule has 1 nitrogen and oxygen atoms in total. The molecule has 0 radical (unpaired) electrons. The number of allylic oxidation sites excluding steroid dienone is 11. The first kappa shape index (κ1) is 52.4. The summed E-state index contributed by atoms with van der Waals surface area (Å²) in [5.41, 5.74) is 6.64. The van der Waals surface area contributed by atoms with Crippen LogP contribution in [0.3, 0.4) is 0 Å². The zero-order valence-electron chi connectivity index (χ0n) is 35.7. The number of benzene rings is 2. The first-order chi connectivity index (χ1) is 24.6. The molecule has 2 aromatic carbocycles. The van der Waals surface area contributed by atoms with E-state index in [1.165, 1.54) is 46.3 Å². The molecule has 0 saturated carbocycles. The Bertz CT molecular complexity index is 1490. The fraction of sp³-hybridized carbons (Fsp3) is 0.429. The molecule has 0 spiro atoms. The van der Waals surface area contributed by atoms with E-state index in [-0.39, 0.29) is 18.4 Å². The molecule has 1 atom stereocenters. The van der Waals surface area contributed by atoms with E-state index in [0.717, 1.165) is 18.4 Å². The molecule has 0 N–H and O–H groups in total. The third kappa shape index (κ3) is 24.2. The van der Waals surface area contributed by atoms with Crippen molar-refractivity contribution in [3.63, 3.8) is 0 Å². The predicted octanol–water partition coefficient (Wildman–Crippen LogP) is 17.3. The highest BCUT2D eigenvalue weighted by molar-refractivity contribution is 5.83. The normalized spacial score (nSPS) is 11.8. The third-order valence-electron chi connectivity index (χ3n) is 7.27. The van der Waals surface area contributed by atoms with Crippen molar-refractivity contribution in [2.45, 2.75) is 135 Å². The van der Waals surface area contributed by atoms with E-state index in [1.807, 2.05) is 45.9 Å². The van der Waals surface area contributed by atoms with Gasteiger partial charge in [0.25, 0.3) is 0 Å². The standard InChI is InChI=1S/C20H21N.C11H12F2.C6H14.2C4H8.2C2H6/c1-15(2)13-16(3)17-9-10-20-18(14-17)11-12-21(20)19-7-5-4-6-8-19;1-8(2)7-9-10(12)5-3-4-6-11(9)13;1-5-6(2,3)4;2*1-3-4-2;2*1-2/h4-14,16H,1-3H3;3-5H,1,6-7H2,2H3;5H2,1-4H3;2*3H,1,4H2,2H3;2*1-2H3. The van der Waals surface area contributed by atoms with Crippen LogP contribution in [0.5, 0.6) is 0 Å². The van der Waals surface area contributed by atoms with Crippen LogP contribution in [0.2, 0.25) is 0 Å². The summed E-state index contributed by atoms with van der Waals surface area (Å²) in [6.45, 7) is 40.0. The summed E-state index contributed by atoms with van der Waals surface area (Å²) in [5.74, 6) is -0.431. The van der Waals surface area contributed by atoms with Gasteiger partial charge in [-0.25, -0.2) is 8.78 Å². The molecular weight excluding hydrogens is 641 g/mol. The van der Waals surface area contributed by atoms with Gasteiger partial charge >= 0.3 is 0 Å². The molecule has 1 aliphatic rings. The SMILES string of the molecule is C=C(C)CC1=C(F)CC=CC=C1F.C=CCC.C=CCC.CC.CC.CC(C)=CC(C)c1ccc2c(ccn2-c2ccccc2)c1.CCC(C)(C)C. The van der Waals surface area contributed by atoms with Crippen molar-refractivity contribution in [1.29, 1.82) is 0 Å². The van der Waals surface area contributed by atoms with Crippen molar-refractivity contribution in [2.75, 3.05) is 0 Å². The Morgan fingerprint density at radius 2 is 1.38 bits per heavy atom. The number of fused-ring (bicyclic) bond motifs is 1. The Morgan fingerprint density at radius 3 is 1.83 bits per heavy atom. The summed E-state index contributed by atoms with van der Waals surface area (Å²) in [5, 5.41) is 1.30. The Kier molecular flexibility index (Phi) is 32.0. The first-order valence-electron chi connectivity index (χ1n) is 19.2. The molecule has 1 aromatic heterocycles. The van der Waals surface area contributed by atoms with Crippen molar-refractivity contribution in [3.8, 4) is 5.69 Å². The number of hydrogen-bond acceptors (Lipinski definition) is 0. The molecule has 0 aliphatic heterocycles. The number of aromatic nitrogens is 1. The molecular formula is C49H75F2N. The lowest BCUT2D eigenvalue weighted by atomic mass is 9.94. The summed E-state index contributed by atoms with van der Waals surface area (Å²) < 4.78 is 28.7. The molecule has 52 heavy (non-hydrogen) atoms. The van der Waals surface area contributed by atoms with Gasteiger partial charge in [-0.1, -0.05) is 155 Å². The van der Waals surface area contributed by atoms with Crippen molar-refractivity contribution < 1.29 is 8.78 Å². The van der Waals surface area contributed by atoms with Gasteiger partial charge in [0.2, 0.25) is 0 Å². The van der Waals surface area contributed by atoms with Crippen LogP contribution in [0.4, 0.5) is 8.78 Å². The highest BCUT2D eigenvalue weighted by Gasteiger charge is 2.12. The molecule has 0 saturated heterocycles. The average molecular weight is 716 g/mol. The van der Waals surface area contributed by atoms with E-state index in [0.29, 0.717) is 11.3 Å². The average Bonchev–Trinajstić information content (AvgIpc) is 3.51. The quantitative estimate of drug-likeness (QED) is 0.215. The molecule has 290 valence electrons. The lowest BCUT2D eigenvalue weighted by molar-refractivity contribution is 0.398. The van der Waals surface area contributed by atoms with Gasteiger partial charge in [-0.3, -0.25) is 0 Å². The van der Waals surface area contributed by atoms with E-state index in [9.17, 15) is 8.78 Å². The van der Waals surface area contributed by atoms with E-state index >= 15 is 0 Å². The third-order valence-corrected chi connectivity index (χ3v) is 7.27. The van der Waals surface area contributed by atoms with Crippen molar-refractivity contribution in [2.24, 2.45) is 5.41 Å². The van der Waals surface area contributed by atoms with Gasteiger partial charge < -0.3 is 4.57 Å². The second-order valence-corrected chi connectivity index (χ2v) is 13.3. The van der Waals surface area contributed by atoms with Crippen molar-refractivity contribution >= 4 is 10.9 Å². The Morgan fingerprint density at radius 1 is 0.865 bits per heavy atom.